The number of alkyl halides is 3. The fourth-order valence-corrected chi connectivity index (χ4v) is 5.47. The number of benzene rings is 2. The van der Waals surface area contributed by atoms with Crippen molar-refractivity contribution in [3.8, 4) is 0 Å². The summed E-state index contributed by atoms with van der Waals surface area (Å²) >= 11 is 0. The number of nitrogens with zero attached hydrogens (tertiary/aromatic N) is 2. The van der Waals surface area contributed by atoms with Gasteiger partial charge >= 0.3 is 6.18 Å². The zero-order valence-electron chi connectivity index (χ0n) is 19.7. The van der Waals surface area contributed by atoms with Crippen LogP contribution in [-0.4, -0.2) is 55.1 Å². The lowest BCUT2D eigenvalue weighted by Gasteiger charge is -2.39. The second-order valence-corrected chi connectivity index (χ2v) is 10.6. The first-order chi connectivity index (χ1) is 16.3. The van der Waals surface area contributed by atoms with Crippen LogP contribution < -0.4 is 5.32 Å². The number of piperazine rings is 1. The van der Waals surface area contributed by atoms with Crippen molar-refractivity contribution in [2.24, 2.45) is 0 Å². The minimum atomic E-state index is -4.72. The molecule has 190 valence electrons. The van der Waals surface area contributed by atoms with Crippen LogP contribution in [0, 0.1) is 0 Å². The molecule has 1 N–H and O–H groups in total. The lowest BCUT2D eigenvalue weighted by atomic mass is 10.0. The Morgan fingerprint density at radius 3 is 2.31 bits per heavy atom. The zero-order chi connectivity index (χ0) is 26.0. The van der Waals surface area contributed by atoms with Crippen LogP contribution in [0.2, 0.25) is 0 Å². The summed E-state index contributed by atoms with van der Waals surface area (Å²) in [6, 6.07) is 9.71. The first-order valence-corrected chi connectivity index (χ1v) is 12.6. The highest BCUT2D eigenvalue weighted by Gasteiger charge is 2.41. The summed E-state index contributed by atoms with van der Waals surface area (Å²) in [5, 5.41) is 2.70. The van der Waals surface area contributed by atoms with Crippen LogP contribution in [0.5, 0.6) is 0 Å². The van der Waals surface area contributed by atoms with Gasteiger partial charge in [0, 0.05) is 33.1 Å². The van der Waals surface area contributed by atoms with Gasteiger partial charge in [-0.3, -0.25) is 9.59 Å². The predicted octanol–water partition coefficient (Wildman–Crippen LogP) is 3.37. The molecule has 1 atom stereocenters. The van der Waals surface area contributed by atoms with Crippen LogP contribution >= 0.6 is 0 Å². The van der Waals surface area contributed by atoms with E-state index in [1.807, 2.05) is 24.3 Å². The van der Waals surface area contributed by atoms with E-state index < -0.39 is 38.6 Å². The van der Waals surface area contributed by atoms with Gasteiger partial charge in [0.05, 0.1) is 10.5 Å². The van der Waals surface area contributed by atoms with Gasteiger partial charge in [0.1, 0.15) is 6.04 Å². The smallest absolute Gasteiger partial charge is 0.351 e. The minimum Gasteiger partial charge on any atom is -0.351 e. The summed E-state index contributed by atoms with van der Waals surface area (Å²) in [6.07, 6.45) is -4.72. The number of amides is 2. The molecule has 0 radical (unpaired) electrons. The van der Waals surface area contributed by atoms with Crippen molar-refractivity contribution >= 4 is 21.8 Å². The third-order valence-electron chi connectivity index (χ3n) is 5.96. The van der Waals surface area contributed by atoms with Crippen LogP contribution in [0.25, 0.3) is 0 Å². The molecular weight excluding hydrogens is 483 g/mol. The molecule has 1 aliphatic heterocycles. The Labute approximate surface area is 203 Å². The zero-order valence-corrected chi connectivity index (χ0v) is 20.5. The molecule has 1 heterocycles. The molecule has 0 bridgehead atoms. The molecule has 0 spiro atoms. The van der Waals surface area contributed by atoms with Crippen molar-refractivity contribution < 1.29 is 31.2 Å². The number of carbonyl (C=O) groups excluding carboxylic acids is 2. The maximum atomic E-state index is 13.3. The summed E-state index contributed by atoms with van der Waals surface area (Å²) in [5.74, 6) is -0.629. The molecule has 2 aromatic carbocycles. The minimum absolute atomic E-state index is 0.0218. The molecular formula is C24H28F3N3O4S. The maximum Gasteiger partial charge on any atom is 0.416 e. The first-order valence-electron chi connectivity index (χ1n) is 11.1. The normalized spacial score (nSPS) is 17.5. The van der Waals surface area contributed by atoms with E-state index in [4.69, 9.17) is 0 Å². The molecule has 3 rings (SSSR count). The van der Waals surface area contributed by atoms with E-state index in [9.17, 15) is 31.2 Å². The fourth-order valence-electron chi connectivity index (χ4n) is 3.85. The Hall–Kier alpha value is -2.92. The van der Waals surface area contributed by atoms with E-state index in [1.54, 1.807) is 0 Å². The quantitative estimate of drug-likeness (QED) is 0.645. The number of hydrogen-bond acceptors (Lipinski definition) is 4. The van der Waals surface area contributed by atoms with E-state index in [0.29, 0.717) is 12.0 Å². The van der Waals surface area contributed by atoms with Gasteiger partial charge in [0.2, 0.25) is 21.8 Å². The second kappa shape index (κ2) is 10.4. The van der Waals surface area contributed by atoms with Gasteiger partial charge in [-0.1, -0.05) is 44.2 Å². The Morgan fingerprint density at radius 2 is 1.74 bits per heavy atom. The van der Waals surface area contributed by atoms with E-state index in [1.165, 1.54) is 11.8 Å². The Morgan fingerprint density at radius 1 is 1.09 bits per heavy atom. The SMILES string of the molecule is CC(=O)N1CCN(S(=O)(=O)c2cccc(C(F)(F)F)c2)[C@@H](C(=O)NCc2ccc(C(C)C)cc2)C1. The average molecular weight is 512 g/mol. The standard InChI is InChI=1S/C24H28F3N3O4S/c1-16(2)19-9-7-18(8-10-19)14-28-23(32)22-15-29(17(3)31)11-12-30(22)35(33,34)21-6-4-5-20(13-21)24(25,26)27/h4-10,13,16,22H,11-12,14-15H2,1-3H3,(H,28,32)/t22-/m1/s1. The number of halogens is 3. The Kier molecular flexibility index (Phi) is 7.90. The molecule has 0 aliphatic carbocycles. The molecule has 0 saturated carbocycles. The van der Waals surface area contributed by atoms with Gasteiger partial charge < -0.3 is 10.2 Å². The highest BCUT2D eigenvalue weighted by Crippen LogP contribution is 2.32. The topological polar surface area (TPSA) is 86.8 Å². The highest BCUT2D eigenvalue weighted by atomic mass is 32.2. The van der Waals surface area contributed by atoms with Crippen LogP contribution in [0.4, 0.5) is 13.2 Å². The summed E-state index contributed by atoms with van der Waals surface area (Å²) in [7, 11) is -4.45. The number of nitrogens with one attached hydrogen (secondary N) is 1. The maximum absolute atomic E-state index is 13.3. The Bertz CT molecular complexity index is 1180. The Balaban J connectivity index is 1.85. The van der Waals surface area contributed by atoms with Gasteiger partial charge in [-0.15, -0.1) is 0 Å². The molecule has 35 heavy (non-hydrogen) atoms. The molecule has 1 saturated heterocycles. The van der Waals surface area contributed by atoms with Crippen molar-refractivity contribution in [3.05, 3.63) is 65.2 Å². The predicted molar refractivity (Wildman–Crippen MR) is 124 cm³/mol. The van der Waals surface area contributed by atoms with Crippen LogP contribution in [0.1, 0.15) is 43.4 Å². The number of sulfonamides is 1. The van der Waals surface area contributed by atoms with Crippen molar-refractivity contribution in [3.63, 3.8) is 0 Å². The first kappa shape index (κ1) is 26.7. The van der Waals surface area contributed by atoms with Crippen molar-refractivity contribution in [1.29, 1.82) is 0 Å². The molecule has 0 aromatic heterocycles. The lowest BCUT2D eigenvalue weighted by molar-refractivity contribution is -0.138. The summed E-state index contributed by atoms with van der Waals surface area (Å²) in [6.45, 7) is 5.15. The monoisotopic (exact) mass is 511 g/mol. The number of rotatable bonds is 6. The molecule has 1 fully saturated rings. The van der Waals surface area contributed by atoms with Gasteiger partial charge in [0.15, 0.2) is 0 Å². The summed E-state index contributed by atoms with van der Waals surface area (Å²) < 4.78 is 67.0. The van der Waals surface area contributed by atoms with Crippen molar-refractivity contribution in [1.82, 2.24) is 14.5 Å². The van der Waals surface area contributed by atoms with E-state index in [2.05, 4.69) is 19.2 Å². The summed E-state index contributed by atoms with van der Waals surface area (Å²) in [4.78, 5) is 25.8. The van der Waals surface area contributed by atoms with E-state index in [-0.39, 0.29) is 32.1 Å². The van der Waals surface area contributed by atoms with Gasteiger partial charge in [-0.2, -0.15) is 17.5 Å². The molecule has 1 aliphatic rings. The molecule has 2 amide bonds. The van der Waals surface area contributed by atoms with E-state index >= 15 is 0 Å². The van der Waals surface area contributed by atoms with Crippen LogP contribution in [0.15, 0.2) is 53.4 Å². The summed E-state index contributed by atoms with van der Waals surface area (Å²) in [5.41, 5.74) is 0.823. The molecule has 11 heteroatoms. The van der Waals surface area contributed by atoms with Gasteiger partial charge in [-0.25, -0.2) is 8.42 Å². The van der Waals surface area contributed by atoms with E-state index in [0.717, 1.165) is 33.6 Å². The van der Waals surface area contributed by atoms with Crippen molar-refractivity contribution in [2.75, 3.05) is 19.6 Å². The number of hydrogen-bond donors (Lipinski definition) is 1. The number of carbonyl (C=O) groups is 2. The van der Waals surface area contributed by atoms with Crippen molar-refractivity contribution in [2.45, 2.75) is 50.3 Å². The average Bonchev–Trinajstić information content (AvgIpc) is 2.81. The van der Waals surface area contributed by atoms with Crippen LogP contribution in [0.3, 0.4) is 0 Å². The van der Waals surface area contributed by atoms with Gasteiger partial charge in [0.25, 0.3) is 0 Å². The second-order valence-electron chi connectivity index (χ2n) is 8.74. The van der Waals surface area contributed by atoms with Crippen LogP contribution in [-0.2, 0) is 32.3 Å². The third-order valence-corrected chi connectivity index (χ3v) is 7.86. The highest BCUT2D eigenvalue weighted by molar-refractivity contribution is 7.89. The van der Waals surface area contributed by atoms with Gasteiger partial charge in [-0.05, 0) is 35.2 Å². The fraction of sp³-hybridized carbons (Fsp3) is 0.417. The third kappa shape index (κ3) is 6.21. The molecule has 2 aromatic rings. The molecule has 7 nitrogen and oxygen atoms in total. The lowest BCUT2D eigenvalue weighted by Crippen LogP contribution is -2.61. The largest absolute Gasteiger partial charge is 0.416 e. The molecule has 0 unspecified atom stereocenters.